The summed E-state index contributed by atoms with van der Waals surface area (Å²) in [5, 5.41) is 11.6. The van der Waals surface area contributed by atoms with Crippen molar-refractivity contribution in [3.8, 4) is 5.75 Å². The normalized spacial score (nSPS) is 12.1. The van der Waals surface area contributed by atoms with E-state index in [1.807, 2.05) is 13.8 Å². The third kappa shape index (κ3) is 3.69. The Morgan fingerprint density at radius 2 is 2.00 bits per heavy atom. The summed E-state index contributed by atoms with van der Waals surface area (Å²) in [6.07, 6.45) is 0. The highest BCUT2D eigenvalue weighted by atomic mass is 16.5. The Kier molecular flexibility index (Phi) is 4.88. The minimum absolute atomic E-state index is 0.00916. The number of carbonyl (C=O) groups excluding carboxylic acids is 1. The molecule has 1 rings (SSSR count). The van der Waals surface area contributed by atoms with Crippen LogP contribution < -0.4 is 15.8 Å². The quantitative estimate of drug-likeness (QED) is 0.746. The van der Waals surface area contributed by atoms with E-state index in [1.54, 1.807) is 0 Å². The predicted octanol–water partition coefficient (Wildman–Crippen LogP) is 1.32. The number of hydrogen-bond acceptors (Lipinski definition) is 4. The summed E-state index contributed by atoms with van der Waals surface area (Å²) in [5.41, 5.74) is 5.88. The number of nitrogens with one attached hydrogen (secondary N) is 1. The molecule has 0 aliphatic heterocycles. The largest absolute Gasteiger partial charge is 0.497 e. The Balaban J connectivity index is 3.04. The molecule has 0 heterocycles. The summed E-state index contributed by atoms with van der Waals surface area (Å²) >= 11 is 0. The van der Waals surface area contributed by atoms with E-state index in [2.05, 4.69) is 5.32 Å². The zero-order valence-electron chi connectivity index (χ0n) is 11.1. The Labute approximate surface area is 111 Å². The fourth-order valence-corrected chi connectivity index (χ4v) is 1.46. The van der Waals surface area contributed by atoms with Crippen molar-refractivity contribution in [2.75, 3.05) is 12.4 Å². The van der Waals surface area contributed by atoms with E-state index in [-0.39, 0.29) is 17.2 Å². The smallest absolute Gasteiger partial charge is 0.337 e. The highest BCUT2D eigenvalue weighted by Gasteiger charge is 2.20. The van der Waals surface area contributed by atoms with Crippen molar-refractivity contribution < 1.29 is 19.4 Å². The summed E-state index contributed by atoms with van der Waals surface area (Å²) < 4.78 is 5.00. The maximum atomic E-state index is 11.9. The van der Waals surface area contributed by atoms with Gasteiger partial charge in [0.05, 0.1) is 24.4 Å². The van der Waals surface area contributed by atoms with Crippen molar-refractivity contribution in [2.24, 2.45) is 11.7 Å². The lowest BCUT2D eigenvalue weighted by molar-refractivity contribution is -0.118. The van der Waals surface area contributed by atoms with Gasteiger partial charge < -0.3 is 20.9 Å². The van der Waals surface area contributed by atoms with Gasteiger partial charge in [0, 0.05) is 6.07 Å². The molecule has 0 fully saturated rings. The molecule has 6 nitrogen and oxygen atoms in total. The van der Waals surface area contributed by atoms with Gasteiger partial charge in [-0.05, 0) is 18.1 Å². The second-order valence-corrected chi connectivity index (χ2v) is 4.48. The van der Waals surface area contributed by atoms with Crippen LogP contribution >= 0.6 is 0 Å². The molecule has 0 unspecified atom stereocenters. The van der Waals surface area contributed by atoms with Crippen LogP contribution in [0.5, 0.6) is 5.75 Å². The summed E-state index contributed by atoms with van der Waals surface area (Å²) in [5.74, 6) is -1.14. The van der Waals surface area contributed by atoms with E-state index in [9.17, 15) is 9.59 Å². The van der Waals surface area contributed by atoms with Gasteiger partial charge in [-0.1, -0.05) is 13.8 Å². The van der Waals surface area contributed by atoms with Crippen molar-refractivity contribution in [1.82, 2.24) is 0 Å². The van der Waals surface area contributed by atoms with Crippen LogP contribution in [-0.2, 0) is 4.79 Å². The summed E-state index contributed by atoms with van der Waals surface area (Å²) in [4.78, 5) is 22.9. The first kappa shape index (κ1) is 15.0. The number of carboxylic acid groups (broad SMARTS) is 1. The lowest BCUT2D eigenvalue weighted by atomic mass is 10.0. The third-order valence-electron chi connectivity index (χ3n) is 2.74. The second kappa shape index (κ2) is 6.19. The molecular formula is C13H18N2O4. The maximum absolute atomic E-state index is 11.9. The van der Waals surface area contributed by atoms with Crippen LogP contribution in [0, 0.1) is 5.92 Å². The first-order valence-electron chi connectivity index (χ1n) is 5.84. The van der Waals surface area contributed by atoms with Crippen molar-refractivity contribution in [2.45, 2.75) is 19.9 Å². The van der Waals surface area contributed by atoms with Gasteiger partial charge in [-0.15, -0.1) is 0 Å². The Bertz CT molecular complexity index is 486. The molecular weight excluding hydrogens is 248 g/mol. The number of hydrogen-bond donors (Lipinski definition) is 3. The minimum Gasteiger partial charge on any atom is -0.497 e. The van der Waals surface area contributed by atoms with Gasteiger partial charge in [0.1, 0.15) is 5.75 Å². The molecule has 0 saturated carbocycles. The Morgan fingerprint density at radius 1 is 1.37 bits per heavy atom. The van der Waals surface area contributed by atoms with Crippen LogP contribution in [0.2, 0.25) is 0 Å². The third-order valence-corrected chi connectivity index (χ3v) is 2.74. The minimum atomic E-state index is -1.13. The van der Waals surface area contributed by atoms with Gasteiger partial charge in [-0.3, -0.25) is 4.79 Å². The molecule has 0 aromatic heterocycles. The zero-order valence-corrected chi connectivity index (χ0v) is 11.1. The summed E-state index contributed by atoms with van der Waals surface area (Å²) in [6, 6.07) is 3.64. The van der Waals surface area contributed by atoms with Crippen LogP contribution in [0.3, 0.4) is 0 Å². The molecule has 1 atom stereocenters. The van der Waals surface area contributed by atoms with Crippen molar-refractivity contribution >= 4 is 17.6 Å². The first-order chi connectivity index (χ1) is 8.86. The lowest BCUT2D eigenvalue weighted by Crippen LogP contribution is -2.40. The van der Waals surface area contributed by atoms with Crippen molar-refractivity contribution in [3.05, 3.63) is 23.8 Å². The van der Waals surface area contributed by atoms with E-state index in [4.69, 9.17) is 15.6 Å². The molecule has 0 aliphatic carbocycles. The molecule has 0 saturated heterocycles. The Hall–Kier alpha value is -2.08. The molecule has 0 spiro atoms. The molecule has 1 amide bonds. The fourth-order valence-electron chi connectivity index (χ4n) is 1.46. The van der Waals surface area contributed by atoms with Gasteiger partial charge in [0.25, 0.3) is 0 Å². The number of benzene rings is 1. The SMILES string of the molecule is COc1ccc(C(=O)O)c(NC(=O)[C@H](N)C(C)C)c1. The molecule has 19 heavy (non-hydrogen) atoms. The Morgan fingerprint density at radius 3 is 2.47 bits per heavy atom. The first-order valence-corrected chi connectivity index (χ1v) is 5.84. The van der Waals surface area contributed by atoms with E-state index in [1.165, 1.54) is 25.3 Å². The van der Waals surface area contributed by atoms with Crippen molar-refractivity contribution in [1.29, 1.82) is 0 Å². The van der Waals surface area contributed by atoms with Gasteiger partial charge >= 0.3 is 5.97 Å². The number of methoxy groups -OCH3 is 1. The van der Waals surface area contributed by atoms with Gasteiger partial charge in [-0.2, -0.15) is 0 Å². The number of amides is 1. The number of carbonyl (C=O) groups is 2. The van der Waals surface area contributed by atoms with Gasteiger partial charge in [0.2, 0.25) is 5.91 Å². The number of rotatable bonds is 5. The summed E-state index contributed by atoms with van der Waals surface area (Å²) in [6.45, 7) is 3.63. The van der Waals surface area contributed by atoms with E-state index in [0.717, 1.165) is 0 Å². The number of anilines is 1. The van der Waals surface area contributed by atoms with Crippen LogP contribution in [-0.4, -0.2) is 30.1 Å². The number of carboxylic acids is 1. The molecule has 0 aliphatic rings. The number of nitrogens with two attached hydrogens (primary N) is 1. The molecule has 0 radical (unpaired) electrons. The fraction of sp³-hybridized carbons (Fsp3) is 0.385. The number of aromatic carboxylic acids is 1. The van der Waals surface area contributed by atoms with Crippen LogP contribution in [0.25, 0.3) is 0 Å². The highest BCUT2D eigenvalue weighted by molar-refractivity contribution is 6.02. The molecule has 4 N–H and O–H groups in total. The topological polar surface area (TPSA) is 102 Å². The highest BCUT2D eigenvalue weighted by Crippen LogP contribution is 2.23. The monoisotopic (exact) mass is 266 g/mol. The lowest BCUT2D eigenvalue weighted by Gasteiger charge is -2.16. The van der Waals surface area contributed by atoms with E-state index < -0.39 is 17.9 Å². The average Bonchev–Trinajstić information content (AvgIpc) is 2.36. The van der Waals surface area contributed by atoms with E-state index >= 15 is 0 Å². The average molecular weight is 266 g/mol. The molecule has 1 aromatic rings. The molecule has 0 bridgehead atoms. The van der Waals surface area contributed by atoms with Crippen LogP contribution in [0.4, 0.5) is 5.69 Å². The molecule has 6 heteroatoms. The van der Waals surface area contributed by atoms with Gasteiger partial charge in [-0.25, -0.2) is 4.79 Å². The molecule has 104 valence electrons. The van der Waals surface area contributed by atoms with E-state index in [0.29, 0.717) is 5.75 Å². The maximum Gasteiger partial charge on any atom is 0.337 e. The van der Waals surface area contributed by atoms with Crippen LogP contribution in [0.1, 0.15) is 24.2 Å². The summed E-state index contributed by atoms with van der Waals surface area (Å²) in [7, 11) is 1.46. The van der Waals surface area contributed by atoms with Crippen LogP contribution in [0.15, 0.2) is 18.2 Å². The molecule has 1 aromatic carbocycles. The van der Waals surface area contributed by atoms with Gasteiger partial charge in [0.15, 0.2) is 0 Å². The number of ether oxygens (including phenoxy) is 1. The van der Waals surface area contributed by atoms with Crippen molar-refractivity contribution in [3.63, 3.8) is 0 Å². The predicted molar refractivity (Wildman–Crippen MR) is 71.4 cm³/mol. The second-order valence-electron chi connectivity index (χ2n) is 4.48. The standard InChI is InChI=1S/C13H18N2O4/c1-7(2)11(14)12(16)15-10-6-8(19-3)4-5-9(10)13(17)18/h4-7,11H,14H2,1-3H3,(H,15,16)(H,17,18)/t11-/m1/s1. The zero-order chi connectivity index (χ0) is 14.6.